The van der Waals surface area contributed by atoms with Gasteiger partial charge in [0.25, 0.3) is 0 Å². The Bertz CT molecular complexity index is 950. The van der Waals surface area contributed by atoms with E-state index in [-0.39, 0.29) is 34.0 Å². The van der Waals surface area contributed by atoms with Gasteiger partial charge in [-0.15, -0.1) is 0 Å². The Kier molecular flexibility index (Phi) is 7.50. The van der Waals surface area contributed by atoms with Gasteiger partial charge in [-0.1, -0.05) is 41.5 Å². The van der Waals surface area contributed by atoms with Crippen LogP contribution in [0.1, 0.15) is 63.8 Å². The van der Waals surface area contributed by atoms with Crippen molar-refractivity contribution in [2.24, 2.45) is 0 Å². The molecule has 32 heavy (non-hydrogen) atoms. The smallest absolute Gasteiger partial charge is 0.244 e. The molecule has 0 aliphatic rings. The Hall–Kier alpha value is -3.15. The van der Waals surface area contributed by atoms with Crippen LogP contribution in [0.25, 0.3) is 6.08 Å². The number of phenolic OH excluding ortho intramolecular Hbond substituents is 2. The van der Waals surface area contributed by atoms with Gasteiger partial charge >= 0.3 is 0 Å². The lowest BCUT2D eigenvalue weighted by Crippen LogP contribution is -2.22. The molecule has 0 aromatic heterocycles. The molecule has 0 bridgehead atoms. The lowest BCUT2D eigenvalue weighted by Gasteiger charge is -2.28. The van der Waals surface area contributed by atoms with Crippen LogP contribution in [-0.4, -0.2) is 30.3 Å². The molecular formula is C26H35NO5. The second-order valence-electron chi connectivity index (χ2n) is 9.86. The van der Waals surface area contributed by atoms with Crippen LogP contribution in [0.2, 0.25) is 0 Å². The Labute approximate surface area is 190 Å². The highest BCUT2D eigenvalue weighted by atomic mass is 16.5. The fourth-order valence-corrected chi connectivity index (χ4v) is 3.37. The van der Waals surface area contributed by atoms with E-state index < -0.39 is 0 Å². The van der Waals surface area contributed by atoms with E-state index in [9.17, 15) is 15.0 Å². The van der Waals surface area contributed by atoms with Crippen molar-refractivity contribution in [1.82, 2.24) is 5.32 Å². The van der Waals surface area contributed by atoms with Gasteiger partial charge < -0.3 is 25.0 Å². The molecule has 0 saturated heterocycles. The molecule has 0 saturated carbocycles. The van der Waals surface area contributed by atoms with Crippen molar-refractivity contribution in [3.8, 4) is 23.0 Å². The molecule has 0 radical (unpaired) electrons. The standard InChI is InChI=1S/C26H35NO5/c1-25(2,3)18-11-17(12-19(23(18)29)26(4,5)6)15-27-22(28)10-9-16-13-20(31-7)24(30)21(14-16)32-8/h9-14,29-30H,15H2,1-8H3,(H,27,28). The maximum atomic E-state index is 12.4. The van der Waals surface area contributed by atoms with Crippen LogP contribution < -0.4 is 14.8 Å². The third-order valence-corrected chi connectivity index (χ3v) is 5.18. The third-order valence-electron chi connectivity index (χ3n) is 5.18. The molecule has 0 aliphatic heterocycles. The van der Waals surface area contributed by atoms with Gasteiger partial charge in [-0.2, -0.15) is 0 Å². The number of carbonyl (C=O) groups excluding carboxylic acids is 1. The fraction of sp³-hybridized carbons (Fsp3) is 0.423. The molecule has 3 N–H and O–H groups in total. The van der Waals surface area contributed by atoms with Crippen molar-refractivity contribution in [1.29, 1.82) is 0 Å². The van der Waals surface area contributed by atoms with Crippen molar-refractivity contribution < 1.29 is 24.5 Å². The van der Waals surface area contributed by atoms with Crippen LogP contribution in [-0.2, 0) is 22.2 Å². The predicted molar refractivity (Wildman–Crippen MR) is 128 cm³/mol. The summed E-state index contributed by atoms with van der Waals surface area (Å²) >= 11 is 0. The van der Waals surface area contributed by atoms with Crippen molar-refractivity contribution in [3.63, 3.8) is 0 Å². The predicted octanol–water partition coefficient (Wildman–Crippen LogP) is 5.04. The van der Waals surface area contributed by atoms with E-state index in [1.54, 1.807) is 18.2 Å². The molecule has 2 aromatic carbocycles. The highest BCUT2D eigenvalue weighted by Gasteiger charge is 2.26. The number of benzene rings is 2. The summed E-state index contributed by atoms with van der Waals surface area (Å²) in [5.74, 6) is 0.484. The van der Waals surface area contributed by atoms with Gasteiger partial charge in [0, 0.05) is 12.6 Å². The number of nitrogens with one attached hydrogen (secondary N) is 1. The second kappa shape index (κ2) is 9.55. The molecule has 0 aliphatic carbocycles. The number of phenols is 2. The summed E-state index contributed by atoms with van der Waals surface area (Å²) in [6, 6.07) is 7.13. The van der Waals surface area contributed by atoms with Crippen LogP contribution in [0.15, 0.2) is 30.3 Å². The number of carbonyl (C=O) groups is 1. The molecular weight excluding hydrogens is 406 g/mol. The number of ether oxygens (including phenoxy) is 2. The van der Waals surface area contributed by atoms with Crippen LogP contribution in [0.5, 0.6) is 23.0 Å². The van der Waals surface area contributed by atoms with E-state index in [1.807, 2.05) is 12.1 Å². The minimum Gasteiger partial charge on any atom is -0.507 e. The average Bonchev–Trinajstić information content (AvgIpc) is 2.70. The van der Waals surface area contributed by atoms with Crippen molar-refractivity contribution >= 4 is 12.0 Å². The molecule has 6 nitrogen and oxygen atoms in total. The van der Waals surface area contributed by atoms with Gasteiger partial charge in [-0.05, 0) is 63.4 Å². The monoisotopic (exact) mass is 441 g/mol. The molecule has 2 aromatic rings. The zero-order valence-electron chi connectivity index (χ0n) is 20.3. The Morgan fingerprint density at radius 3 is 1.75 bits per heavy atom. The number of rotatable bonds is 6. The third kappa shape index (κ3) is 5.96. The van der Waals surface area contributed by atoms with Gasteiger partial charge in [0.2, 0.25) is 11.7 Å². The first kappa shape index (κ1) is 25.1. The van der Waals surface area contributed by atoms with E-state index in [4.69, 9.17) is 9.47 Å². The molecule has 0 spiro atoms. The molecule has 0 fully saturated rings. The van der Waals surface area contributed by atoms with Crippen molar-refractivity contribution in [3.05, 3.63) is 52.6 Å². The average molecular weight is 442 g/mol. The highest BCUT2D eigenvalue weighted by molar-refractivity contribution is 5.91. The van der Waals surface area contributed by atoms with Crippen LogP contribution in [0, 0.1) is 0 Å². The first-order chi connectivity index (χ1) is 14.8. The van der Waals surface area contributed by atoms with E-state index in [1.165, 1.54) is 20.3 Å². The normalized spacial score (nSPS) is 12.1. The maximum Gasteiger partial charge on any atom is 0.244 e. The number of aromatic hydroxyl groups is 2. The zero-order chi connectivity index (χ0) is 24.3. The summed E-state index contributed by atoms with van der Waals surface area (Å²) in [6.07, 6.45) is 3.04. The number of methoxy groups -OCH3 is 2. The second-order valence-corrected chi connectivity index (χ2v) is 9.86. The molecule has 0 heterocycles. The number of hydrogen-bond acceptors (Lipinski definition) is 5. The topological polar surface area (TPSA) is 88.0 Å². The van der Waals surface area contributed by atoms with Crippen molar-refractivity contribution in [2.75, 3.05) is 14.2 Å². The summed E-state index contributed by atoms with van der Waals surface area (Å²) in [5.41, 5.74) is 2.82. The molecule has 2 rings (SSSR count). The van der Waals surface area contributed by atoms with Gasteiger partial charge in [0.1, 0.15) is 5.75 Å². The minimum atomic E-state index is -0.265. The Morgan fingerprint density at radius 2 is 1.34 bits per heavy atom. The SMILES string of the molecule is COc1cc(C=CC(=O)NCc2cc(C(C)(C)C)c(O)c(C(C)(C)C)c2)cc(OC)c1O. The van der Waals surface area contributed by atoms with E-state index in [0.29, 0.717) is 17.9 Å². The molecule has 1 amide bonds. The van der Waals surface area contributed by atoms with Crippen molar-refractivity contribution in [2.45, 2.75) is 58.9 Å². The first-order valence-corrected chi connectivity index (χ1v) is 10.6. The first-order valence-electron chi connectivity index (χ1n) is 10.6. The lowest BCUT2D eigenvalue weighted by molar-refractivity contribution is -0.116. The Balaban J connectivity index is 2.23. The number of hydrogen-bond donors (Lipinski definition) is 3. The summed E-state index contributed by atoms with van der Waals surface area (Å²) < 4.78 is 10.3. The summed E-state index contributed by atoms with van der Waals surface area (Å²) in [5, 5.41) is 23.7. The molecule has 0 atom stereocenters. The van der Waals surface area contributed by atoms with E-state index in [2.05, 4.69) is 46.9 Å². The molecule has 174 valence electrons. The lowest BCUT2D eigenvalue weighted by atomic mass is 9.78. The molecule has 6 heteroatoms. The van der Waals surface area contributed by atoms with Gasteiger partial charge in [-0.25, -0.2) is 0 Å². The van der Waals surface area contributed by atoms with Gasteiger partial charge in [0.05, 0.1) is 14.2 Å². The van der Waals surface area contributed by atoms with Crippen LogP contribution in [0.3, 0.4) is 0 Å². The number of amides is 1. The largest absolute Gasteiger partial charge is 0.507 e. The Morgan fingerprint density at radius 1 is 0.875 bits per heavy atom. The quantitative estimate of drug-likeness (QED) is 0.547. The maximum absolute atomic E-state index is 12.4. The van der Waals surface area contributed by atoms with Gasteiger partial charge in [0.15, 0.2) is 11.5 Å². The van der Waals surface area contributed by atoms with E-state index in [0.717, 1.165) is 16.7 Å². The fourth-order valence-electron chi connectivity index (χ4n) is 3.37. The summed E-state index contributed by atoms with van der Waals surface area (Å²) in [6.45, 7) is 12.7. The highest BCUT2D eigenvalue weighted by Crippen LogP contribution is 2.40. The van der Waals surface area contributed by atoms with E-state index >= 15 is 0 Å². The van der Waals surface area contributed by atoms with Crippen LogP contribution >= 0.6 is 0 Å². The minimum absolute atomic E-state index is 0.0896. The summed E-state index contributed by atoms with van der Waals surface area (Å²) in [4.78, 5) is 12.4. The molecule has 0 unspecified atom stereocenters. The zero-order valence-corrected chi connectivity index (χ0v) is 20.3. The summed E-state index contributed by atoms with van der Waals surface area (Å²) in [7, 11) is 2.90. The van der Waals surface area contributed by atoms with Gasteiger partial charge in [-0.3, -0.25) is 4.79 Å². The van der Waals surface area contributed by atoms with Crippen LogP contribution in [0.4, 0.5) is 0 Å².